The highest BCUT2D eigenvalue weighted by Crippen LogP contribution is 2.20. The molecule has 0 radical (unpaired) electrons. The van der Waals surface area contributed by atoms with Crippen LogP contribution in [0.25, 0.3) is 0 Å². The average Bonchev–Trinajstić information content (AvgIpc) is 2.61. The third-order valence-corrected chi connectivity index (χ3v) is 2.83. The van der Waals surface area contributed by atoms with Crippen molar-refractivity contribution in [1.82, 2.24) is 4.90 Å². The molecule has 0 bridgehead atoms. The summed E-state index contributed by atoms with van der Waals surface area (Å²) < 4.78 is 16.0. The van der Waals surface area contributed by atoms with E-state index >= 15 is 0 Å². The highest BCUT2D eigenvalue weighted by molar-refractivity contribution is 5.70. The standard InChI is InChI=1S/C12H23NO4/c1-5-15-11(16-6-2)7-13-10(9(3)4)8-17-12(13)14/h9-11H,5-8H2,1-4H3/t10-/m1/s1. The molecule has 5 nitrogen and oxygen atoms in total. The number of rotatable bonds is 7. The number of carbonyl (C=O) groups is 1. The first kappa shape index (κ1) is 14.3. The zero-order valence-corrected chi connectivity index (χ0v) is 11.1. The van der Waals surface area contributed by atoms with Gasteiger partial charge < -0.3 is 14.2 Å². The number of cyclic esters (lactones) is 1. The van der Waals surface area contributed by atoms with Crippen LogP contribution >= 0.6 is 0 Å². The SMILES string of the molecule is CCOC(CN1C(=O)OC[C@@H]1C(C)C)OCC. The highest BCUT2D eigenvalue weighted by atomic mass is 16.7. The van der Waals surface area contributed by atoms with Gasteiger partial charge in [-0.2, -0.15) is 0 Å². The molecule has 1 atom stereocenters. The van der Waals surface area contributed by atoms with Gasteiger partial charge in [-0.05, 0) is 19.8 Å². The molecular weight excluding hydrogens is 222 g/mol. The third kappa shape index (κ3) is 3.85. The van der Waals surface area contributed by atoms with Crippen LogP contribution in [0.3, 0.4) is 0 Å². The Kier molecular flexibility index (Phi) is 5.71. The van der Waals surface area contributed by atoms with Crippen LogP contribution in [-0.2, 0) is 14.2 Å². The molecule has 5 heteroatoms. The summed E-state index contributed by atoms with van der Waals surface area (Å²) in [6, 6.07) is 0.117. The molecule has 0 aromatic carbocycles. The second-order valence-electron chi connectivity index (χ2n) is 4.38. The Balaban J connectivity index is 2.58. The first-order valence-corrected chi connectivity index (χ1v) is 6.26. The fraction of sp³-hybridized carbons (Fsp3) is 0.917. The second-order valence-corrected chi connectivity index (χ2v) is 4.38. The third-order valence-electron chi connectivity index (χ3n) is 2.83. The predicted molar refractivity (Wildman–Crippen MR) is 63.7 cm³/mol. The van der Waals surface area contributed by atoms with Crippen LogP contribution in [0, 0.1) is 5.92 Å². The Morgan fingerprint density at radius 2 is 1.94 bits per heavy atom. The summed E-state index contributed by atoms with van der Waals surface area (Å²) in [6.07, 6.45) is -0.634. The van der Waals surface area contributed by atoms with Crippen molar-refractivity contribution < 1.29 is 19.0 Å². The first-order valence-electron chi connectivity index (χ1n) is 6.26. The van der Waals surface area contributed by atoms with Gasteiger partial charge in [0, 0.05) is 13.2 Å². The summed E-state index contributed by atoms with van der Waals surface area (Å²) >= 11 is 0. The van der Waals surface area contributed by atoms with Crippen molar-refractivity contribution in [3.05, 3.63) is 0 Å². The van der Waals surface area contributed by atoms with Gasteiger partial charge in [-0.25, -0.2) is 4.79 Å². The molecule has 1 amide bonds. The lowest BCUT2D eigenvalue weighted by molar-refractivity contribution is -0.145. The quantitative estimate of drug-likeness (QED) is 0.642. The molecule has 0 unspecified atom stereocenters. The summed E-state index contributed by atoms with van der Waals surface area (Å²) in [5, 5.41) is 0. The first-order chi connectivity index (χ1) is 8.10. The number of hydrogen-bond acceptors (Lipinski definition) is 4. The van der Waals surface area contributed by atoms with Gasteiger partial charge in [0.2, 0.25) is 0 Å². The van der Waals surface area contributed by atoms with Crippen molar-refractivity contribution in [3.8, 4) is 0 Å². The van der Waals surface area contributed by atoms with Gasteiger partial charge in [-0.3, -0.25) is 4.90 Å². The minimum atomic E-state index is -0.364. The van der Waals surface area contributed by atoms with Gasteiger partial charge >= 0.3 is 6.09 Å². The van der Waals surface area contributed by atoms with E-state index < -0.39 is 0 Å². The van der Waals surface area contributed by atoms with E-state index in [4.69, 9.17) is 14.2 Å². The molecule has 1 heterocycles. The van der Waals surface area contributed by atoms with Gasteiger partial charge in [-0.1, -0.05) is 13.8 Å². The second kappa shape index (κ2) is 6.81. The van der Waals surface area contributed by atoms with E-state index in [1.807, 2.05) is 13.8 Å². The number of amides is 1. The summed E-state index contributed by atoms with van der Waals surface area (Å²) in [4.78, 5) is 13.3. The molecule has 0 aromatic heterocycles. The Hall–Kier alpha value is -0.810. The fourth-order valence-corrected chi connectivity index (χ4v) is 1.91. The lowest BCUT2D eigenvalue weighted by Gasteiger charge is -2.28. The fourth-order valence-electron chi connectivity index (χ4n) is 1.91. The molecule has 1 rings (SSSR count). The number of hydrogen-bond donors (Lipinski definition) is 0. The van der Waals surface area contributed by atoms with Gasteiger partial charge in [0.05, 0.1) is 12.6 Å². The molecule has 1 fully saturated rings. The van der Waals surface area contributed by atoms with Crippen LogP contribution < -0.4 is 0 Å². The van der Waals surface area contributed by atoms with Crippen molar-refractivity contribution in [2.45, 2.75) is 40.0 Å². The van der Waals surface area contributed by atoms with Gasteiger partial charge in [-0.15, -0.1) is 0 Å². The van der Waals surface area contributed by atoms with Crippen LogP contribution in [0.4, 0.5) is 4.79 Å². The molecule has 0 spiro atoms. The van der Waals surface area contributed by atoms with E-state index in [2.05, 4.69) is 13.8 Å². The van der Waals surface area contributed by atoms with Gasteiger partial charge in [0.15, 0.2) is 6.29 Å². The minimum Gasteiger partial charge on any atom is -0.447 e. The molecule has 1 saturated heterocycles. The molecule has 0 aromatic rings. The molecular formula is C12H23NO4. The Morgan fingerprint density at radius 3 is 2.41 bits per heavy atom. The molecule has 17 heavy (non-hydrogen) atoms. The number of ether oxygens (including phenoxy) is 3. The van der Waals surface area contributed by atoms with Crippen molar-refractivity contribution in [2.75, 3.05) is 26.4 Å². The van der Waals surface area contributed by atoms with Crippen LogP contribution in [0.5, 0.6) is 0 Å². The van der Waals surface area contributed by atoms with Crippen LogP contribution in [-0.4, -0.2) is 49.7 Å². The Labute approximate surface area is 103 Å². The Morgan fingerprint density at radius 1 is 1.35 bits per heavy atom. The summed E-state index contributed by atoms with van der Waals surface area (Å²) in [5.74, 6) is 0.366. The van der Waals surface area contributed by atoms with Gasteiger partial charge in [0.1, 0.15) is 6.61 Å². The maximum atomic E-state index is 11.6. The maximum Gasteiger partial charge on any atom is 0.410 e. The highest BCUT2D eigenvalue weighted by Gasteiger charge is 2.36. The van der Waals surface area contributed by atoms with E-state index in [0.717, 1.165) is 0 Å². The largest absolute Gasteiger partial charge is 0.447 e. The van der Waals surface area contributed by atoms with Crippen LogP contribution in [0.1, 0.15) is 27.7 Å². The van der Waals surface area contributed by atoms with E-state index in [0.29, 0.717) is 32.3 Å². The molecule has 100 valence electrons. The maximum absolute atomic E-state index is 11.6. The lowest BCUT2D eigenvalue weighted by atomic mass is 10.0. The van der Waals surface area contributed by atoms with Gasteiger partial charge in [0.25, 0.3) is 0 Å². The molecule has 0 saturated carbocycles. The monoisotopic (exact) mass is 245 g/mol. The number of carbonyl (C=O) groups excluding carboxylic acids is 1. The zero-order chi connectivity index (χ0) is 12.8. The van der Waals surface area contributed by atoms with E-state index in [9.17, 15) is 4.79 Å². The Bertz CT molecular complexity index is 239. The van der Waals surface area contributed by atoms with E-state index in [1.165, 1.54) is 0 Å². The number of nitrogens with zero attached hydrogens (tertiary/aromatic N) is 1. The summed E-state index contributed by atoms with van der Waals surface area (Å²) in [5.41, 5.74) is 0. The van der Waals surface area contributed by atoms with E-state index in [1.54, 1.807) is 4.90 Å². The topological polar surface area (TPSA) is 48.0 Å². The smallest absolute Gasteiger partial charge is 0.410 e. The predicted octanol–water partition coefficient (Wildman–Crippen LogP) is 1.86. The summed E-state index contributed by atoms with van der Waals surface area (Å²) in [7, 11) is 0. The van der Waals surface area contributed by atoms with Crippen molar-refractivity contribution in [2.24, 2.45) is 5.92 Å². The molecule has 1 aliphatic heterocycles. The normalized spacial score (nSPS) is 20.5. The molecule has 0 N–H and O–H groups in total. The zero-order valence-electron chi connectivity index (χ0n) is 11.1. The minimum absolute atomic E-state index is 0.117. The summed E-state index contributed by atoms with van der Waals surface area (Å²) in [6.45, 7) is 10.0. The molecule has 0 aliphatic carbocycles. The average molecular weight is 245 g/mol. The van der Waals surface area contributed by atoms with Crippen LogP contribution in [0.15, 0.2) is 0 Å². The van der Waals surface area contributed by atoms with Crippen LogP contribution in [0.2, 0.25) is 0 Å². The van der Waals surface area contributed by atoms with Crippen molar-refractivity contribution in [1.29, 1.82) is 0 Å². The van der Waals surface area contributed by atoms with Crippen molar-refractivity contribution in [3.63, 3.8) is 0 Å². The molecule has 1 aliphatic rings. The van der Waals surface area contributed by atoms with Crippen molar-refractivity contribution >= 4 is 6.09 Å². The van der Waals surface area contributed by atoms with E-state index in [-0.39, 0.29) is 18.4 Å². The lowest BCUT2D eigenvalue weighted by Crippen LogP contribution is -2.43.